The van der Waals surface area contributed by atoms with Crippen molar-refractivity contribution in [1.29, 1.82) is 0 Å². The van der Waals surface area contributed by atoms with Crippen LogP contribution in [0.15, 0.2) is 59.8 Å². The summed E-state index contributed by atoms with van der Waals surface area (Å²) in [6.07, 6.45) is 1.84. The molecule has 2 heterocycles. The first kappa shape index (κ1) is 16.0. The summed E-state index contributed by atoms with van der Waals surface area (Å²) in [5.74, 6) is -1.08. The number of benzene rings is 2. The van der Waals surface area contributed by atoms with Crippen LogP contribution in [0, 0.1) is 0 Å². The second kappa shape index (κ2) is 5.89. The van der Waals surface area contributed by atoms with E-state index in [1.54, 1.807) is 16.8 Å². The molecule has 6 nitrogen and oxygen atoms in total. The van der Waals surface area contributed by atoms with Gasteiger partial charge in [0.05, 0.1) is 6.20 Å². The number of nitrogens with zero attached hydrogens (tertiary/aromatic N) is 3. The number of ketones is 2. The molecule has 5 rings (SSSR count). The van der Waals surface area contributed by atoms with E-state index in [1.807, 2.05) is 42.6 Å². The lowest BCUT2D eigenvalue weighted by Crippen LogP contribution is -2.30. The van der Waals surface area contributed by atoms with Gasteiger partial charge in [-0.15, -0.1) is 5.10 Å². The highest BCUT2D eigenvalue weighted by Gasteiger charge is 2.39. The summed E-state index contributed by atoms with van der Waals surface area (Å²) in [5, 5.41) is 8.34. The highest BCUT2D eigenvalue weighted by molar-refractivity contribution is 6.64. The standard InChI is InChI=1S/C20H12ClN3O3/c21-17-19(26)18(25)13-8-4-7-12-15(10-27-20(17)16(12)13)24-9-14(22-23-24)11-5-2-1-3-6-11/h1-9,15H,10H2. The predicted molar refractivity (Wildman–Crippen MR) is 98.1 cm³/mol. The molecule has 0 N–H and O–H groups in total. The van der Waals surface area contributed by atoms with Gasteiger partial charge in [-0.1, -0.05) is 65.3 Å². The Morgan fingerprint density at radius 3 is 2.67 bits per heavy atom. The Bertz CT molecular complexity index is 1130. The highest BCUT2D eigenvalue weighted by atomic mass is 35.5. The van der Waals surface area contributed by atoms with Crippen LogP contribution in [-0.4, -0.2) is 33.2 Å². The molecule has 7 heteroatoms. The molecular formula is C20H12ClN3O3. The maximum absolute atomic E-state index is 12.3. The fourth-order valence-electron chi connectivity index (χ4n) is 3.50. The number of hydrogen-bond acceptors (Lipinski definition) is 5. The van der Waals surface area contributed by atoms with Crippen LogP contribution in [0.25, 0.3) is 17.0 Å². The Kier molecular flexibility index (Phi) is 3.48. The molecule has 1 unspecified atom stereocenters. The van der Waals surface area contributed by atoms with E-state index in [9.17, 15) is 9.59 Å². The summed E-state index contributed by atoms with van der Waals surface area (Å²) in [5.41, 5.74) is 3.41. The first-order chi connectivity index (χ1) is 13.1. The summed E-state index contributed by atoms with van der Waals surface area (Å²) in [4.78, 5) is 24.4. The summed E-state index contributed by atoms with van der Waals surface area (Å²) in [6, 6.07) is 14.7. The minimum absolute atomic E-state index is 0.165. The minimum Gasteiger partial charge on any atom is -0.489 e. The van der Waals surface area contributed by atoms with Gasteiger partial charge >= 0.3 is 0 Å². The zero-order valence-electron chi connectivity index (χ0n) is 13.9. The molecule has 0 saturated carbocycles. The average Bonchev–Trinajstić information content (AvgIpc) is 3.20. The van der Waals surface area contributed by atoms with E-state index in [4.69, 9.17) is 16.3 Å². The molecule has 1 atom stereocenters. The first-order valence-electron chi connectivity index (χ1n) is 8.37. The van der Waals surface area contributed by atoms with Crippen LogP contribution in [0.2, 0.25) is 0 Å². The SMILES string of the molecule is O=C1C(=O)c2cccc3c2C(=C1Cl)OCC3n1cc(-c2ccccc2)nn1. The van der Waals surface area contributed by atoms with Crippen molar-refractivity contribution in [2.45, 2.75) is 6.04 Å². The van der Waals surface area contributed by atoms with Crippen molar-refractivity contribution in [2.75, 3.05) is 6.61 Å². The van der Waals surface area contributed by atoms with E-state index in [1.165, 1.54) is 0 Å². The van der Waals surface area contributed by atoms with Gasteiger partial charge in [0, 0.05) is 16.7 Å². The lowest BCUT2D eigenvalue weighted by molar-refractivity contribution is -0.111. The molecule has 1 aliphatic heterocycles. The van der Waals surface area contributed by atoms with E-state index >= 15 is 0 Å². The molecule has 132 valence electrons. The predicted octanol–water partition coefficient (Wildman–Crippen LogP) is 3.24. The first-order valence-corrected chi connectivity index (χ1v) is 8.75. The highest BCUT2D eigenvalue weighted by Crippen LogP contribution is 2.41. The number of halogens is 1. The third kappa shape index (κ3) is 2.34. The van der Waals surface area contributed by atoms with Gasteiger partial charge in [0.25, 0.3) is 0 Å². The number of Topliss-reactive ketones (excluding diaryl/α,β-unsaturated/α-hetero) is 2. The van der Waals surface area contributed by atoms with Crippen LogP contribution >= 0.6 is 11.6 Å². The lowest BCUT2D eigenvalue weighted by atomic mass is 9.86. The molecule has 1 aromatic heterocycles. The van der Waals surface area contributed by atoms with Gasteiger partial charge in [0.2, 0.25) is 11.6 Å². The third-order valence-corrected chi connectivity index (χ3v) is 5.16. The summed E-state index contributed by atoms with van der Waals surface area (Å²) in [7, 11) is 0. The monoisotopic (exact) mass is 377 g/mol. The molecule has 3 aromatic rings. The number of hydrogen-bond donors (Lipinski definition) is 0. The van der Waals surface area contributed by atoms with Gasteiger partial charge in [-0.25, -0.2) is 4.68 Å². The van der Waals surface area contributed by atoms with Gasteiger partial charge in [0.15, 0.2) is 0 Å². The number of carbonyl (C=O) groups excluding carboxylic acids is 2. The molecule has 0 saturated heterocycles. The lowest BCUT2D eigenvalue weighted by Gasteiger charge is -2.31. The second-order valence-corrected chi connectivity index (χ2v) is 6.73. The smallest absolute Gasteiger partial charge is 0.248 e. The van der Waals surface area contributed by atoms with Crippen LogP contribution in [0.3, 0.4) is 0 Å². The van der Waals surface area contributed by atoms with Crippen molar-refractivity contribution < 1.29 is 14.3 Å². The number of rotatable bonds is 2. The summed E-state index contributed by atoms with van der Waals surface area (Å²) >= 11 is 6.09. The summed E-state index contributed by atoms with van der Waals surface area (Å²) in [6.45, 7) is 0.237. The zero-order valence-corrected chi connectivity index (χ0v) is 14.7. The molecule has 0 bridgehead atoms. The number of ether oxygens (including phenoxy) is 1. The number of carbonyl (C=O) groups is 2. The van der Waals surface area contributed by atoms with Crippen molar-refractivity contribution in [1.82, 2.24) is 15.0 Å². The molecule has 2 aliphatic rings. The van der Waals surface area contributed by atoms with Crippen molar-refractivity contribution in [3.8, 4) is 11.3 Å². The van der Waals surface area contributed by atoms with Crippen LogP contribution in [-0.2, 0) is 9.53 Å². The molecule has 0 radical (unpaired) electrons. The zero-order chi connectivity index (χ0) is 18.5. The molecule has 1 aliphatic carbocycles. The molecule has 27 heavy (non-hydrogen) atoms. The molecule has 0 amide bonds. The van der Waals surface area contributed by atoms with Crippen molar-refractivity contribution in [3.63, 3.8) is 0 Å². The largest absolute Gasteiger partial charge is 0.489 e. The maximum atomic E-state index is 12.3. The fourth-order valence-corrected chi connectivity index (χ4v) is 3.74. The van der Waals surface area contributed by atoms with E-state index in [0.717, 1.165) is 16.8 Å². The third-order valence-electron chi connectivity index (χ3n) is 4.82. The average molecular weight is 378 g/mol. The van der Waals surface area contributed by atoms with Gasteiger partial charge in [-0.2, -0.15) is 0 Å². The van der Waals surface area contributed by atoms with E-state index in [0.29, 0.717) is 11.1 Å². The molecular weight excluding hydrogens is 366 g/mol. The normalized spacial score (nSPS) is 18.3. The Morgan fingerprint density at radius 1 is 1.04 bits per heavy atom. The van der Waals surface area contributed by atoms with Gasteiger partial charge in [-0.3, -0.25) is 9.59 Å². The second-order valence-electron chi connectivity index (χ2n) is 6.35. The molecule has 0 spiro atoms. The molecule has 2 aromatic carbocycles. The number of allylic oxidation sites excluding steroid dienone is 1. The Morgan fingerprint density at radius 2 is 1.85 bits per heavy atom. The van der Waals surface area contributed by atoms with Crippen LogP contribution < -0.4 is 0 Å². The quantitative estimate of drug-likeness (QED) is 0.641. The maximum Gasteiger partial charge on any atom is 0.248 e. The Labute approximate surface area is 159 Å². The minimum atomic E-state index is -0.734. The van der Waals surface area contributed by atoms with Crippen LogP contribution in [0.1, 0.15) is 27.5 Å². The van der Waals surface area contributed by atoms with Crippen molar-refractivity contribution in [3.05, 3.63) is 76.5 Å². The summed E-state index contributed by atoms with van der Waals surface area (Å²) < 4.78 is 7.50. The van der Waals surface area contributed by atoms with E-state index in [-0.39, 0.29) is 23.4 Å². The fraction of sp³-hybridized carbons (Fsp3) is 0.100. The molecule has 0 fully saturated rings. The topological polar surface area (TPSA) is 74.1 Å². The van der Waals surface area contributed by atoms with Crippen molar-refractivity contribution in [2.24, 2.45) is 0 Å². The van der Waals surface area contributed by atoms with Gasteiger partial charge < -0.3 is 4.74 Å². The van der Waals surface area contributed by atoms with Crippen molar-refractivity contribution >= 4 is 28.9 Å². The Hall–Kier alpha value is -3.25. The van der Waals surface area contributed by atoms with E-state index in [2.05, 4.69) is 10.3 Å². The van der Waals surface area contributed by atoms with Gasteiger partial charge in [-0.05, 0) is 5.56 Å². The Balaban J connectivity index is 1.63. The number of aromatic nitrogens is 3. The van der Waals surface area contributed by atoms with Gasteiger partial charge in [0.1, 0.15) is 29.1 Å². The van der Waals surface area contributed by atoms with Crippen LogP contribution in [0.4, 0.5) is 0 Å². The van der Waals surface area contributed by atoms with Crippen LogP contribution in [0.5, 0.6) is 0 Å². The van der Waals surface area contributed by atoms with E-state index < -0.39 is 11.6 Å².